The van der Waals surface area contributed by atoms with Gasteiger partial charge in [-0.3, -0.25) is 9.59 Å². The second kappa shape index (κ2) is 4.71. The molecule has 0 aliphatic rings. The van der Waals surface area contributed by atoms with Crippen molar-refractivity contribution in [1.82, 2.24) is 10.3 Å². The number of carboxylic acids is 1. The quantitative estimate of drug-likeness (QED) is 0.776. The van der Waals surface area contributed by atoms with Crippen LogP contribution in [-0.4, -0.2) is 22.0 Å². The van der Waals surface area contributed by atoms with Crippen LogP contribution in [0, 0.1) is 0 Å². The first-order valence-corrected chi connectivity index (χ1v) is 4.86. The predicted octanol–water partition coefficient (Wildman–Crippen LogP) is 0.795. The minimum Gasteiger partial charge on any atom is -0.481 e. The minimum atomic E-state index is -0.959. The number of thiazole rings is 1. The normalized spacial score (nSPS) is 12.1. The Kier molecular flexibility index (Phi) is 3.58. The standard InChI is InChI=1S/C8H10N2O3S/c1-5(11)10-6(4-7(12)13)8-9-2-3-14-8/h2-3,6H,4H2,1H3,(H,10,11)(H,12,13)/t6-/m0/s1. The average Bonchev–Trinajstić information content (AvgIpc) is 2.52. The molecule has 1 rings (SSSR count). The van der Waals surface area contributed by atoms with Crippen molar-refractivity contribution in [2.24, 2.45) is 0 Å². The molecule has 1 atom stereocenters. The molecule has 0 saturated heterocycles. The molecule has 14 heavy (non-hydrogen) atoms. The number of carbonyl (C=O) groups excluding carboxylic acids is 1. The third-order valence-electron chi connectivity index (χ3n) is 1.51. The number of hydrogen-bond acceptors (Lipinski definition) is 4. The van der Waals surface area contributed by atoms with Crippen molar-refractivity contribution in [2.45, 2.75) is 19.4 Å². The van der Waals surface area contributed by atoms with E-state index in [4.69, 9.17) is 5.11 Å². The molecule has 0 aliphatic carbocycles. The first-order valence-electron chi connectivity index (χ1n) is 3.98. The monoisotopic (exact) mass is 214 g/mol. The molecule has 1 heterocycles. The molecule has 1 aromatic heterocycles. The highest BCUT2D eigenvalue weighted by molar-refractivity contribution is 7.09. The van der Waals surface area contributed by atoms with Gasteiger partial charge in [-0.25, -0.2) is 4.98 Å². The summed E-state index contributed by atoms with van der Waals surface area (Å²) in [4.78, 5) is 25.3. The molecular weight excluding hydrogens is 204 g/mol. The fourth-order valence-electron chi connectivity index (χ4n) is 1.03. The van der Waals surface area contributed by atoms with Crippen LogP contribution in [0.5, 0.6) is 0 Å². The Labute approximate surface area is 84.8 Å². The summed E-state index contributed by atoms with van der Waals surface area (Å²) in [6.45, 7) is 1.35. The molecular formula is C8H10N2O3S. The van der Waals surface area contributed by atoms with E-state index in [9.17, 15) is 9.59 Å². The summed E-state index contributed by atoms with van der Waals surface area (Å²) < 4.78 is 0. The van der Waals surface area contributed by atoms with Crippen LogP contribution in [0.25, 0.3) is 0 Å². The molecule has 1 amide bonds. The highest BCUT2D eigenvalue weighted by Crippen LogP contribution is 2.18. The fraction of sp³-hybridized carbons (Fsp3) is 0.375. The molecule has 76 valence electrons. The minimum absolute atomic E-state index is 0.146. The van der Waals surface area contributed by atoms with E-state index in [2.05, 4.69) is 10.3 Å². The Bertz CT molecular complexity index is 307. The third kappa shape index (κ3) is 3.14. The number of rotatable bonds is 4. The molecule has 2 N–H and O–H groups in total. The van der Waals surface area contributed by atoms with Gasteiger partial charge in [0.05, 0.1) is 12.5 Å². The van der Waals surface area contributed by atoms with Crippen LogP contribution in [0.4, 0.5) is 0 Å². The summed E-state index contributed by atoms with van der Waals surface area (Å²) in [5, 5.41) is 13.5. The summed E-state index contributed by atoms with van der Waals surface area (Å²) >= 11 is 1.33. The fourth-order valence-corrected chi connectivity index (χ4v) is 1.72. The third-order valence-corrected chi connectivity index (χ3v) is 2.39. The van der Waals surface area contributed by atoms with Crippen LogP contribution < -0.4 is 5.32 Å². The second-order valence-corrected chi connectivity index (χ2v) is 3.65. The Hall–Kier alpha value is -1.43. The number of hydrogen-bond donors (Lipinski definition) is 2. The van der Waals surface area contributed by atoms with Gasteiger partial charge in [-0.2, -0.15) is 0 Å². The molecule has 0 saturated carbocycles. The van der Waals surface area contributed by atoms with Gasteiger partial charge >= 0.3 is 5.97 Å². The van der Waals surface area contributed by atoms with E-state index in [0.29, 0.717) is 5.01 Å². The number of amides is 1. The summed E-state index contributed by atoms with van der Waals surface area (Å²) in [6, 6.07) is -0.523. The van der Waals surface area contributed by atoms with Gasteiger partial charge in [0.15, 0.2) is 0 Å². The van der Waals surface area contributed by atoms with Gasteiger partial charge in [-0.1, -0.05) is 0 Å². The van der Waals surface area contributed by atoms with Crippen LogP contribution in [-0.2, 0) is 9.59 Å². The van der Waals surface area contributed by atoms with Crippen molar-refractivity contribution in [3.8, 4) is 0 Å². The molecule has 1 aromatic rings. The number of carbonyl (C=O) groups is 2. The zero-order valence-corrected chi connectivity index (χ0v) is 8.37. The lowest BCUT2D eigenvalue weighted by molar-refractivity contribution is -0.137. The van der Waals surface area contributed by atoms with Gasteiger partial charge in [-0.05, 0) is 0 Å². The summed E-state index contributed by atoms with van der Waals surface area (Å²) in [5.74, 6) is -1.22. The van der Waals surface area contributed by atoms with Gasteiger partial charge < -0.3 is 10.4 Å². The van der Waals surface area contributed by atoms with Crippen LogP contribution in [0.15, 0.2) is 11.6 Å². The first kappa shape index (κ1) is 10.6. The molecule has 0 aromatic carbocycles. The van der Waals surface area contributed by atoms with Crippen LogP contribution in [0.2, 0.25) is 0 Å². The lowest BCUT2D eigenvalue weighted by Gasteiger charge is -2.12. The van der Waals surface area contributed by atoms with Gasteiger partial charge in [0, 0.05) is 18.5 Å². The van der Waals surface area contributed by atoms with Crippen molar-refractivity contribution < 1.29 is 14.7 Å². The highest BCUT2D eigenvalue weighted by Gasteiger charge is 2.18. The Balaban J connectivity index is 2.71. The number of aliphatic carboxylic acids is 1. The van der Waals surface area contributed by atoms with Crippen molar-refractivity contribution >= 4 is 23.2 Å². The topological polar surface area (TPSA) is 79.3 Å². The van der Waals surface area contributed by atoms with Gasteiger partial charge in [-0.15, -0.1) is 11.3 Å². The SMILES string of the molecule is CC(=O)N[C@@H](CC(=O)O)c1nccs1. The summed E-state index contributed by atoms with van der Waals surface area (Å²) in [7, 11) is 0. The maximum atomic E-state index is 10.8. The molecule has 0 radical (unpaired) electrons. The largest absolute Gasteiger partial charge is 0.481 e. The first-order chi connectivity index (χ1) is 6.59. The van der Waals surface area contributed by atoms with Crippen molar-refractivity contribution in [1.29, 1.82) is 0 Å². The van der Waals surface area contributed by atoms with Crippen LogP contribution in [0.3, 0.4) is 0 Å². The summed E-state index contributed by atoms with van der Waals surface area (Å²) in [6.07, 6.45) is 1.43. The van der Waals surface area contributed by atoms with E-state index in [1.54, 1.807) is 11.6 Å². The zero-order chi connectivity index (χ0) is 10.6. The molecule has 0 spiro atoms. The van der Waals surface area contributed by atoms with Gasteiger partial charge in [0.25, 0.3) is 0 Å². The second-order valence-electron chi connectivity index (χ2n) is 2.72. The maximum Gasteiger partial charge on any atom is 0.305 e. The molecule has 5 nitrogen and oxygen atoms in total. The lowest BCUT2D eigenvalue weighted by atomic mass is 10.2. The average molecular weight is 214 g/mol. The zero-order valence-electron chi connectivity index (χ0n) is 7.56. The Morgan fingerprint density at radius 1 is 1.71 bits per heavy atom. The van der Waals surface area contributed by atoms with E-state index in [0.717, 1.165) is 0 Å². The Morgan fingerprint density at radius 3 is 2.86 bits per heavy atom. The van der Waals surface area contributed by atoms with Crippen molar-refractivity contribution in [2.75, 3.05) is 0 Å². The van der Waals surface area contributed by atoms with E-state index in [1.807, 2.05) is 0 Å². The van der Waals surface area contributed by atoms with Gasteiger partial charge in [0.1, 0.15) is 5.01 Å². The number of nitrogens with one attached hydrogen (secondary N) is 1. The molecule has 6 heteroatoms. The van der Waals surface area contributed by atoms with E-state index < -0.39 is 12.0 Å². The molecule has 0 fully saturated rings. The molecule has 0 aliphatic heterocycles. The van der Waals surface area contributed by atoms with Crippen molar-refractivity contribution in [3.05, 3.63) is 16.6 Å². The molecule has 0 bridgehead atoms. The number of aromatic nitrogens is 1. The predicted molar refractivity (Wildman–Crippen MR) is 50.9 cm³/mol. The number of carboxylic acid groups (broad SMARTS) is 1. The van der Waals surface area contributed by atoms with Crippen LogP contribution >= 0.6 is 11.3 Å². The number of nitrogens with zero attached hydrogens (tertiary/aromatic N) is 1. The van der Waals surface area contributed by atoms with Crippen molar-refractivity contribution in [3.63, 3.8) is 0 Å². The lowest BCUT2D eigenvalue weighted by Crippen LogP contribution is -2.27. The van der Waals surface area contributed by atoms with Gasteiger partial charge in [0.2, 0.25) is 5.91 Å². The highest BCUT2D eigenvalue weighted by atomic mass is 32.1. The van der Waals surface area contributed by atoms with E-state index in [-0.39, 0.29) is 12.3 Å². The van der Waals surface area contributed by atoms with Crippen LogP contribution in [0.1, 0.15) is 24.4 Å². The summed E-state index contributed by atoms with van der Waals surface area (Å²) in [5.41, 5.74) is 0. The van der Waals surface area contributed by atoms with E-state index in [1.165, 1.54) is 18.3 Å². The maximum absolute atomic E-state index is 10.8. The Morgan fingerprint density at radius 2 is 2.43 bits per heavy atom. The molecule has 0 unspecified atom stereocenters. The smallest absolute Gasteiger partial charge is 0.305 e. The van der Waals surface area contributed by atoms with E-state index >= 15 is 0 Å².